The van der Waals surface area contributed by atoms with Gasteiger partial charge in [0, 0.05) is 23.4 Å². The highest BCUT2D eigenvalue weighted by molar-refractivity contribution is 5.89. The fourth-order valence-electron chi connectivity index (χ4n) is 4.19. The fourth-order valence-corrected chi connectivity index (χ4v) is 4.19. The molecule has 3 rings (SSSR count). The van der Waals surface area contributed by atoms with E-state index in [0.29, 0.717) is 0 Å². The number of nitrogens with zero attached hydrogens (tertiary/aromatic N) is 2. The number of benzene rings is 2. The van der Waals surface area contributed by atoms with Crippen molar-refractivity contribution in [2.24, 2.45) is 5.73 Å². The first-order chi connectivity index (χ1) is 15.0. The third-order valence-corrected chi connectivity index (χ3v) is 6.42. The highest BCUT2D eigenvalue weighted by Crippen LogP contribution is 2.30. The Kier molecular flexibility index (Phi) is 8.42. The molecule has 0 saturated carbocycles. The van der Waals surface area contributed by atoms with Crippen LogP contribution in [0.3, 0.4) is 0 Å². The molecule has 1 aromatic heterocycles. The zero-order valence-electron chi connectivity index (χ0n) is 19.4. The summed E-state index contributed by atoms with van der Waals surface area (Å²) >= 11 is 0. The van der Waals surface area contributed by atoms with Gasteiger partial charge in [0.1, 0.15) is 11.6 Å². The van der Waals surface area contributed by atoms with E-state index in [1.54, 1.807) is 0 Å². The number of para-hydroxylation sites is 1. The number of hydrogen-bond acceptors (Lipinski definition) is 4. The standard InChI is InChI=1S/C27H38N4/c1-4-27(5-2,20-19-21(3)28)31-26-23-16-10-11-17-24(23)29-25(30-26)18-12-9-15-22-13-7-6-8-14-22/h6-8,10-11,13-14,16-17,21H,4-5,9,12,15,18-20,28H2,1-3H3,(H,29,30,31). The monoisotopic (exact) mass is 418 g/mol. The van der Waals surface area contributed by atoms with E-state index in [1.807, 2.05) is 0 Å². The summed E-state index contributed by atoms with van der Waals surface area (Å²) in [7, 11) is 0. The van der Waals surface area contributed by atoms with Crippen molar-refractivity contribution in [2.75, 3.05) is 5.32 Å². The highest BCUT2D eigenvalue weighted by atomic mass is 15.1. The van der Waals surface area contributed by atoms with Gasteiger partial charge in [0.25, 0.3) is 0 Å². The summed E-state index contributed by atoms with van der Waals surface area (Å²) in [5, 5.41) is 4.94. The fraction of sp³-hybridized carbons (Fsp3) is 0.481. The molecule has 1 heterocycles. The number of rotatable bonds is 12. The van der Waals surface area contributed by atoms with Crippen LogP contribution < -0.4 is 11.1 Å². The van der Waals surface area contributed by atoms with E-state index >= 15 is 0 Å². The molecule has 166 valence electrons. The molecule has 0 aliphatic heterocycles. The average Bonchev–Trinajstić information content (AvgIpc) is 2.80. The molecule has 3 aromatic rings. The average molecular weight is 419 g/mol. The summed E-state index contributed by atoms with van der Waals surface area (Å²) in [6.07, 6.45) is 8.37. The highest BCUT2D eigenvalue weighted by Gasteiger charge is 2.27. The van der Waals surface area contributed by atoms with Gasteiger partial charge in [-0.15, -0.1) is 0 Å². The molecule has 0 aliphatic rings. The Morgan fingerprint density at radius 3 is 2.29 bits per heavy atom. The summed E-state index contributed by atoms with van der Waals surface area (Å²) < 4.78 is 0. The first kappa shape index (κ1) is 23.2. The number of anilines is 1. The van der Waals surface area contributed by atoms with Crippen molar-refractivity contribution in [3.63, 3.8) is 0 Å². The lowest BCUT2D eigenvalue weighted by Crippen LogP contribution is -2.39. The predicted octanol–water partition coefficient (Wildman–Crippen LogP) is 6.29. The zero-order valence-corrected chi connectivity index (χ0v) is 19.4. The lowest BCUT2D eigenvalue weighted by Gasteiger charge is -2.34. The maximum atomic E-state index is 6.07. The second-order valence-corrected chi connectivity index (χ2v) is 8.83. The second-order valence-electron chi connectivity index (χ2n) is 8.83. The van der Waals surface area contributed by atoms with Crippen molar-refractivity contribution in [2.45, 2.75) is 83.7 Å². The third kappa shape index (κ3) is 6.51. The van der Waals surface area contributed by atoms with E-state index in [9.17, 15) is 0 Å². The second kappa shape index (κ2) is 11.2. The summed E-state index contributed by atoms with van der Waals surface area (Å²) in [5.41, 5.74) is 8.50. The molecule has 4 heteroatoms. The van der Waals surface area contributed by atoms with Crippen LogP contribution >= 0.6 is 0 Å². The maximum Gasteiger partial charge on any atom is 0.138 e. The van der Waals surface area contributed by atoms with Crippen molar-refractivity contribution in [1.29, 1.82) is 0 Å². The van der Waals surface area contributed by atoms with Crippen LogP contribution in [-0.2, 0) is 12.8 Å². The molecule has 0 amide bonds. The molecule has 0 spiro atoms. The number of nitrogens with two attached hydrogens (primary N) is 1. The Balaban J connectivity index is 1.76. The van der Waals surface area contributed by atoms with E-state index in [2.05, 4.69) is 80.7 Å². The number of aromatic nitrogens is 2. The molecular formula is C27H38N4. The molecule has 2 aromatic carbocycles. The Labute approximate surface area is 187 Å². The minimum atomic E-state index is 0.00926. The van der Waals surface area contributed by atoms with Gasteiger partial charge in [-0.1, -0.05) is 56.3 Å². The lowest BCUT2D eigenvalue weighted by molar-refractivity contribution is 0.378. The predicted molar refractivity (Wildman–Crippen MR) is 132 cm³/mol. The quantitative estimate of drug-likeness (QED) is 0.339. The molecule has 0 saturated heterocycles. The van der Waals surface area contributed by atoms with Crippen molar-refractivity contribution in [3.8, 4) is 0 Å². The number of fused-ring (bicyclic) bond motifs is 1. The van der Waals surface area contributed by atoms with Crippen molar-refractivity contribution in [1.82, 2.24) is 9.97 Å². The van der Waals surface area contributed by atoms with E-state index in [1.165, 1.54) is 5.56 Å². The Hall–Kier alpha value is -2.46. The number of nitrogens with one attached hydrogen (secondary N) is 1. The van der Waals surface area contributed by atoms with E-state index in [-0.39, 0.29) is 11.6 Å². The van der Waals surface area contributed by atoms with Crippen LogP contribution in [0.4, 0.5) is 5.82 Å². The normalized spacial score (nSPS) is 12.8. The van der Waals surface area contributed by atoms with Gasteiger partial charge < -0.3 is 11.1 Å². The first-order valence-corrected chi connectivity index (χ1v) is 11.9. The lowest BCUT2D eigenvalue weighted by atomic mass is 9.86. The summed E-state index contributed by atoms with van der Waals surface area (Å²) in [4.78, 5) is 9.87. The van der Waals surface area contributed by atoms with E-state index in [4.69, 9.17) is 15.7 Å². The summed E-state index contributed by atoms with van der Waals surface area (Å²) in [6, 6.07) is 19.2. The van der Waals surface area contributed by atoms with Crippen LogP contribution in [-0.4, -0.2) is 21.5 Å². The number of unbranched alkanes of at least 4 members (excludes halogenated alkanes) is 1. The molecule has 0 aliphatic carbocycles. The van der Waals surface area contributed by atoms with Crippen LogP contribution in [0.15, 0.2) is 54.6 Å². The van der Waals surface area contributed by atoms with Crippen molar-refractivity contribution < 1.29 is 0 Å². The number of hydrogen-bond donors (Lipinski definition) is 2. The van der Waals surface area contributed by atoms with Gasteiger partial charge in [-0.2, -0.15) is 0 Å². The van der Waals surface area contributed by atoms with Gasteiger partial charge in [0.2, 0.25) is 0 Å². The van der Waals surface area contributed by atoms with E-state index < -0.39 is 0 Å². The topological polar surface area (TPSA) is 63.8 Å². The van der Waals surface area contributed by atoms with Gasteiger partial charge in [0.05, 0.1) is 5.52 Å². The smallest absolute Gasteiger partial charge is 0.138 e. The molecule has 31 heavy (non-hydrogen) atoms. The molecule has 3 N–H and O–H groups in total. The largest absolute Gasteiger partial charge is 0.364 e. The SMILES string of the molecule is CCC(CC)(CCC(C)N)Nc1nc(CCCCc2ccccc2)nc2ccccc12. The number of aryl methyl sites for hydroxylation is 2. The van der Waals surface area contributed by atoms with Crippen molar-refractivity contribution >= 4 is 16.7 Å². The van der Waals surface area contributed by atoms with Gasteiger partial charge in [-0.25, -0.2) is 9.97 Å². The van der Waals surface area contributed by atoms with Gasteiger partial charge in [-0.05, 0) is 69.6 Å². The molecule has 0 radical (unpaired) electrons. The van der Waals surface area contributed by atoms with Crippen LogP contribution in [0.2, 0.25) is 0 Å². The van der Waals surface area contributed by atoms with Crippen LogP contribution in [0.1, 0.15) is 70.7 Å². The first-order valence-electron chi connectivity index (χ1n) is 11.9. The van der Waals surface area contributed by atoms with Gasteiger partial charge in [0.15, 0.2) is 0 Å². The third-order valence-electron chi connectivity index (χ3n) is 6.42. The molecule has 1 unspecified atom stereocenters. The summed E-state index contributed by atoms with van der Waals surface area (Å²) in [6.45, 7) is 6.60. The summed E-state index contributed by atoms with van der Waals surface area (Å²) in [5.74, 6) is 1.90. The van der Waals surface area contributed by atoms with Crippen molar-refractivity contribution in [3.05, 3.63) is 66.0 Å². The Morgan fingerprint density at radius 1 is 0.903 bits per heavy atom. The molecule has 0 bridgehead atoms. The molecule has 1 atom stereocenters. The Morgan fingerprint density at radius 2 is 1.58 bits per heavy atom. The zero-order chi connectivity index (χ0) is 22.1. The molecular weight excluding hydrogens is 380 g/mol. The minimum Gasteiger partial charge on any atom is -0.364 e. The van der Waals surface area contributed by atoms with Gasteiger partial charge in [-0.3, -0.25) is 0 Å². The minimum absolute atomic E-state index is 0.00926. The van der Waals surface area contributed by atoms with Crippen LogP contribution in [0.5, 0.6) is 0 Å². The molecule has 4 nitrogen and oxygen atoms in total. The Bertz CT molecular complexity index is 932. The van der Waals surface area contributed by atoms with Gasteiger partial charge >= 0.3 is 0 Å². The molecule has 0 fully saturated rings. The van der Waals surface area contributed by atoms with Crippen LogP contribution in [0, 0.1) is 0 Å². The maximum absolute atomic E-state index is 6.07. The van der Waals surface area contributed by atoms with Crippen LogP contribution in [0.25, 0.3) is 10.9 Å². The van der Waals surface area contributed by atoms with E-state index in [0.717, 1.165) is 73.9 Å².